The van der Waals surface area contributed by atoms with Crippen molar-refractivity contribution in [1.29, 1.82) is 0 Å². The molecule has 1 N–H and O–H groups in total. The lowest BCUT2D eigenvalue weighted by atomic mass is 9.97. The monoisotopic (exact) mass is 264 g/mol. The van der Waals surface area contributed by atoms with Crippen molar-refractivity contribution in [2.24, 2.45) is 0 Å². The number of rotatable bonds is 3. The summed E-state index contributed by atoms with van der Waals surface area (Å²) >= 11 is 0. The quantitative estimate of drug-likeness (QED) is 0.909. The first kappa shape index (κ1) is 12.8. The van der Waals surface area contributed by atoms with Gasteiger partial charge in [0.15, 0.2) is 11.6 Å². The first-order valence-electron chi connectivity index (χ1n) is 7.28. The number of fused-ring (bicyclic) bond motifs is 1. The summed E-state index contributed by atoms with van der Waals surface area (Å²) in [6.07, 6.45) is 6.81. The van der Waals surface area contributed by atoms with Crippen LogP contribution in [0.3, 0.4) is 0 Å². The van der Waals surface area contributed by atoms with Gasteiger partial charge in [-0.05, 0) is 38.6 Å². The summed E-state index contributed by atoms with van der Waals surface area (Å²) in [6, 6.07) is 1.02. The van der Waals surface area contributed by atoms with E-state index in [4.69, 9.17) is 0 Å². The lowest BCUT2D eigenvalue weighted by Crippen LogP contribution is -2.43. The van der Waals surface area contributed by atoms with E-state index in [1.54, 1.807) is 0 Å². The van der Waals surface area contributed by atoms with E-state index in [-0.39, 0.29) is 5.82 Å². The van der Waals surface area contributed by atoms with Gasteiger partial charge < -0.3 is 10.2 Å². The molecular formula is C14H21FN4. The Morgan fingerprint density at radius 1 is 1.37 bits per heavy atom. The fraction of sp³-hybridized carbons (Fsp3) is 0.714. The molecule has 0 amide bonds. The van der Waals surface area contributed by atoms with E-state index in [9.17, 15) is 4.39 Å². The van der Waals surface area contributed by atoms with Crippen molar-refractivity contribution >= 4 is 5.82 Å². The van der Waals surface area contributed by atoms with E-state index in [1.165, 1.54) is 25.7 Å². The van der Waals surface area contributed by atoms with Gasteiger partial charge in [0.1, 0.15) is 6.33 Å². The lowest BCUT2D eigenvalue weighted by Gasteiger charge is -2.35. The fourth-order valence-electron chi connectivity index (χ4n) is 3.30. The summed E-state index contributed by atoms with van der Waals surface area (Å²) in [5, 5.41) is 3.28. The summed E-state index contributed by atoms with van der Waals surface area (Å²) in [6.45, 7) is 4.26. The number of hydrogen-bond donors (Lipinski definition) is 1. The van der Waals surface area contributed by atoms with E-state index in [0.717, 1.165) is 19.4 Å². The Morgan fingerprint density at radius 2 is 2.26 bits per heavy atom. The standard InChI is InChI=1S/C14H21FN4/c1-2-12-13(15)14(17-9-16-12)18-10-5-7-19-6-3-4-11(19)8-10/h9-11H,2-8H2,1H3,(H,16,17,18). The van der Waals surface area contributed by atoms with Crippen LogP contribution in [-0.2, 0) is 6.42 Å². The average molecular weight is 264 g/mol. The summed E-state index contributed by atoms with van der Waals surface area (Å²) in [4.78, 5) is 10.6. The number of nitrogens with zero attached hydrogens (tertiary/aromatic N) is 3. The Labute approximate surface area is 113 Å². The van der Waals surface area contributed by atoms with Crippen LogP contribution >= 0.6 is 0 Å². The molecule has 0 radical (unpaired) electrons. The third-order valence-corrected chi connectivity index (χ3v) is 4.36. The predicted molar refractivity (Wildman–Crippen MR) is 72.6 cm³/mol. The van der Waals surface area contributed by atoms with Crippen LogP contribution in [0, 0.1) is 5.82 Å². The molecule has 104 valence electrons. The molecule has 0 aromatic carbocycles. The van der Waals surface area contributed by atoms with E-state index in [1.807, 2.05) is 6.92 Å². The molecule has 1 aromatic heterocycles. The van der Waals surface area contributed by atoms with Gasteiger partial charge in [-0.2, -0.15) is 0 Å². The number of piperidine rings is 1. The second-order valence-electron chi connectivity index (χ2n) is 5.53. The first-order chi connectivity index (χ1) is 9.28. The molecular weight excluding hydrogens is 243 g/mol. The van der Waals surface area contributed by atoms with Crippen LogP contribution in [0.1, 0.15) is 38.3 Å². The van der Waals surface area contributed by atoms with E-state index < -0.39 is 0 Å². The highest BCUT2D eigenvalue weighted by atomic mass is 19.1. The van der Waals surface area contributed by atoms with Crippen LogP contribution < -0.4 is 5.32 Å². The Bertz CT molecular complexity index is 451. The molecule has 2 unspecified atom stereocenters. The number of halogens is 1. The highest BCUT2D eigenvalue weighted by Gasteiger charge is 2.32. The van der Waals surface area contributed by atoms with Crippen molar-refractivity contribution in [1.82, 2.24) is 14.9 Å². The van der Waals surface area contributed by atoms with Gasteiger partial charge >= 0.3 is 0 Å². The van der Waals surface area contributed by atoms with Gasteiger partial charge in [-0.25, -0.2) is 14.4 Å². The van der Waals surface area contributed by atoms with Crippen LogP contribution in [0.2, 0.25) is 0 Å². The zero-order chi connectivity index (χ0) is 13.2. The molecule has 19 heavy (non-hydrogen) atoms. The number of hydrogen-bond acceptors (Lipinski definition) is 4. The molecule has 0 spiro atoms. The van der Waals surface area contributed by atoms with Crippen molar-refractivity contribution in [2.75, 3.05) is 18.4 Å². The van der Waals surface area contributed by atoms with Crippen molar-refractivity contribution in [2.45, 2.75) is 51.1 Å². The van der Waals surface area contributed by atoms with Gasteiger partial charge in [-0.1, -0.05) is 6.92 Å². The number of aromatic nitrogens is 2. The first-order valence-corrected chi connectivity index (χ1v) is 7.28. The molecule has 3 rings (SSSR count). The maximum absolute atomic E-state index is 14.1. The number of aryl methyl sites for hydroxylation is 1. The minimum Gasteiger partial charge on any atom is -0.365 e. The molecule has 0 saturated carbocycles. The second kappa shape index (κ2) is 5.41. The highest BCUT2D eigenvalue weighted by Crippen LogP contribution is 2.28. The van der Waals surface area contributed by atoms with Gasteiger partial charge in [0.2, 0.25) is 0 Å². The third-order valence-electron chi connectivity index (χ3n) is 4.36. The minimum atomic E-state index is -0.279. The molecule has 2 fully saturated rings. The Balaban J connectivity index is 1.68. The predicted octanol–water partition coefficient (Wildman–Crippen LogP) is 2.22. The van der Waals surface area contributed by atoms with Crippen molar-refractivity contribution in [3.05, 3.63) is 17.8 Å². The van der Waals surface area contributed by atoms with Crippen LogP contribution in [0.5, 0.6) is 0 Å². The molecule has 4 nitrogen and oxygen atoms in total. The van der Waals surface area contributed by atoms with Crippen LogP contribution in [-0.4, -0.2) is 40.0 Å². The lowest BCUT2D eigenvalue weighted by molar-refractivity contribution is 0.187. The zero-order valence-corrected chi connectivity index (χ0v) is 11.4. The Morgan fingerprint density at radius 3 is 3.11 bits per heavy atom. The van der Waals surface area contributed by atoms with E-state index >= 15 is 0 Å². The zero-order valence-electron chi connectivity index (χ0n) is 11.4. The molecule has 2 aliphatic rings. The highest BCUT2D eigenvalue weighted by molar-refractivity contribution is 5.38. The molecule has 2 atom stereocenters. The normalized spacial score (nSPS) is 27.3. The molecule has 0 bridgehead atoms. The number of nitrogens with one attached hydrogen (secondary N) is 1. The van der Waals surface area contributed by atoms with Crippen molar-refractivity contribution in [3.8, 4) is 0 Å². The van der Waals surface area contributed by atoms with Gasteiger partial charge in [0, 0.05) is 18.6 Å². The summed E-state index contributed by atoms with van der Waals surface area (Å²) in [5.74, 6) is 0.0992. The smallest absolute Gasteiger partial charge is 0.186 e. The molecule has 0 aliphatic carbocycles. The maximum Gasteiger partial charge on any atom is 0.186 e. The van der Waals surface area contributed by atoms with Crippen LogP contribution in [0.15, 0.2) is 6.33 Å². The molecule has 3 heterocycles. The van der Waals surface area contributed by atoms with E-state index in [0.29, 0.717) is 30.0 Å². The average Bonchev–Trinajstić information content (AvgIpc) is 2.88. The Hall–Kier alpha value is -1.23. The number of anilines is 1. The van der Waals surface area contributed by atoms with E-state index in [2.05, 4.69) is 20.2 Å². The topological polar surface area (TPSA) is 41.1 Å². The second-order valence-corrected chi connectivity index (χ2v) is 5.53. The van der Waals surface area contributed by atoms with Gasteiger partial charge in [-0.15, -0.1) is 0 Å². The van der Waals surface area contributed by atoms with Crippen LogP contribution in [0.4, 0.5) is 10.2 Å². The van der Waals surface area contributed by atoms with Crippen LogP contribution in [0.25, 0.3) is 0 Å². The minimum absolute atomic E-state index is 0.279. The fourth-order valence-corrected chi connectivity index (χ4v) is 3.30. The summed E-state index contributed by atoms with van der Waals surface area (Å²) in [7, 11) is 0. The van der Waals surface area contributed by atoms with Gasteiger partial charge in [0.25, 0.3) is 0 Å². The van der Waals surface area contributed by atoms with Gasteiger partial charge in [-0.3, -0.25) is 0 Å². The Kier molecular flexibility index (Phi) is 3.64. The SMILES string of the molecule is CCc1ncnc(NC2CCN3CCCC3C2)c1F. The largest absolute Gasteiger partial charge is 0.365 e. The molecule has 1 aromatic rings. The molecule has 5 heteroatoms. The summed E-state index contributed by atoms with van der Waals surface area (Å²) in [5.41, 5.74) is 0.496. The van der Waals surface area contributed by atoms with Crippen molar-refractivity contribution < 1.29 is 4.39 Å². The molecule has 2 saturated heterocycles. The summed E-state index contributed by atoms with van der Waals surface area (Å²) < 4.78 is 14.1. The van der Waals surface area contributed by atoms with Gasteiger partial charge in [0.05, 0.1) is 5.69 Å². The maximum atomic E-state index is 14.1. The molecule has 2 aliphatic heterocycles. The third kappa shape index (κ3) is 2.56. The van der Waals surface area contributed by atoms with Crippen molar-refractivity contribution in [3.63, 3.8) is 0 Å².